The summed E-state index contributed by atoms with van der Waals surface area (Å²) in [4.78, 5) is 50.3. The van der Waals surface area contributed by atoms with Crippen LogP contribution in [0.4, 0.5) is 0 Å². The monoisotopic (exact) mass is 308 g/mol. The molecule has 8 heteroatoms. The van der Waals surface area contributed by atoms with Crippen molar-refractivity contribution in [2.75, 3.05) is 26.3 Å². The molecule has 0 fully saturated rings. The lowest BCUT2D eigenvalue weighted by Crippen LogP contribution is -2.34. The van der Waals surface area contributed by atoms with Crippen LogP contribution in [0, 0.1) is 11.8 Å². The number of hydrogen-bond acceptors (Lipinski definition) is 8. The first kappa shape index (κ1) is 17.5. The highest BCUT2D eigenvalue weighted by atomic mass is 16.5. The first-order valence-electron chi connectivity index (χ1n) is 6.76. The minimum absolute atomic E-state index is 0.0376. The van der Waals surface area contributed by atoms with Crippen molar-refractivity contribution in [1.29, 1.82) is 0 Å². The lowest BCUT2D eigenvalue weighted by Gasteiger charge is -2.25. The van der Waals surface area contributed by atoms with Gasteiger partial charge in [0.15, 0.2) is 0 Å². The van der Waals surface area contributed by atoms with E-state index < -0.39 is 23.8 Å². The van der Waals surface area contributed by atoms with Crippen LogP contribution in [-0.4, -0.2) is 50.4 Å². The maximum Gasteiger partial charge on any atom is 0.310 e. The minimum Gasteiger partial charge on any atom is -0.463 e. The van der Waals surface area contributed by atoms with Crippen LogP contribution in [0.5, 0.6) is 0 Å². The van der Waals surface area contributed by atoms with Gasteiger partial charge in [-0.05, 0) is 12.8 Å². The molecule has 0 saturated carbocycles. The summed E-state index contributed by atoms with van der Waals surface area (Å²) in [7, 11) is 0. The first-order valence-corrected chi connectivity index (χ1v) is 6.76. The summed E-state index contributed by atoms with van der Waals surface area (Å²) in [5, 5.41) is 0. The fourth-order valence-corrected chi connectivity index (χ4v) is 2.02. The van der Waals surface area contributed by atoms with Gasteiger partial charge in [-0.2, -0.15) is 0 Å². The van der Waals surface area contributed by atoms with E-state index in [4.69, 9.17) is 9.47 Å². The number of carbonyl (C=O) groups excluding carboxylic acids is 4. The van der Waals surface area contributed by atoms with Gasteiger partial charge in [-0.3, -0.25) is 9.59 Å². The van der Waals surface area contributed by atoms with Crippen molar-refractivity contribution in [2.45, 2.75) is 12.8 Å². The maximum absolute atomic E-state index is 12.0. The fraction of sp³-hybridized carbons (Fsp3) is 0.571. The smallest absolute Gasteiger partial charge is 0.310 e. The van der Waals surface area contributed by atoms with E-state index in [-0.39, 0.29) is 26.3 Å². The summed E-state index contributed by atoms with van der Waals surface area (Å²) in [5.74, 6) is -2.32. The van der Waals surface area contributed by atoms with Gasteiger partial charge in [0.2, 0.25) is 12.2 Å². The van der Waals surface area contributed by atoms with Crippen molar-refractivity contribution >= 4 is 24.1 Å². The molecule has 0 bridgehead atoms. The summed E-state index contributed by atoms with van der Waals surface area (Å²) >= 11 is 0. The molecule has 8 nitrogen and oxygen atoms in total. The van der Waals surface area contributed by atoms with Crippen molar-refractivity contribution in [3.05, 3.63) is 12.2 Å². The number of isocyanates is 2. The van der Waals surface area contributed by atoms with E-state index in [2.05, 4.69) is 9.98 Å². The molecule has 0 aromatic carbocycles. The number of ether oxygens (including phenoxy) is 2. The van der Waals surface area contributed by atoms with E-state index in [1.807, 2.05) is 0 Å². The molecule has 0 amide bonds. The number of nitrogens with zero attached hydrogens (tertiary/aromatic N) is 2. The molecular weight excluding hydrogens is 292 g/mol. The average molecular weight is 308 g/mol. The Labute approximate surface area is 126 Å². The Kier molecular flexibility index (Phi) is 8.12. The molecule has 0 radical (unpaired) electrons. The van der Waals surface area contributed by atoms with E-state index >= 15 is 0 Å². The fourth-order valence-electron chi connectivity index (χ4n) is 2.02. The molecule has 118 valence electrons. The third kappa shape index (κ3) is 5.83. The molecule has 2 unspecified atom stereocenters. The zero-order chi connectivity index (χ0) is 16.2. The van der Waals surface area contributed by atoms with Gasteiger partial charge >= 0.3 is 11.9 Å². The van der Waals surface area contributed by atoms with Gasteiger partial charge in [0.05, 0.1) is 24.9 Å². The van der Waals surface area contributed by atoms with Gasteiger partial charge in [-0.25, -0.2) is 19.6 Å². The van der Waals surface area contributed by atoms with Gasteiger partial charge < -0.3 is 9.47 Å². The van der Waals surface area contributed by atoms with Gasteiger partial charge in [-0.15, -0.1) is 0 Å². The zero-order valence-corrected chi connectivity index (χ0v) is 11.9. The van der Waals surface area contributed by atoms with Gasteiger partial charge in [-0.1, -0.05) is 12.2 Å². The lowest BCUT2D eigenvalue weighted by atomic mass is 9.83. The second-order valence-corrected chi connectivity index (χ2v) is 4.44. The summed E-state index contributed by atoms with van der Waals surface area (Å²) < 4.78 is 9.97. The summed E-state index contributed by atoms with van der Waals surface area (Å²) in [6.07, 6.45) is 7.04. The topological polar surface area (TPSA) is 111 Å². The van der Waals surface area contributed by atoms with Crippen LogP contribution in [-0.2, 0) is 28.7 Å². The predicted molar refractivity (Wildman–Crippen MR) is 73.2 cm³/mol. The van der Waals surface area contributed by atoms with Crippen LogP contribution in [0.15, 0.2) is 22.1 Å². The van der Waals surface area contributed by atoms with Gasteiger partial charge in [0, 0.05) is 0 Å². The summed E-state index contributed by atoms with van der Waals surface area (Å²) in [6.45, 7) is 0.00142. The Bertz CT molecular complexity index is 471. The molecule has 0 aliphatic heterocycles. The Hall–Kier alpha value is -2.56. The second-order valence-electron chi connectivity index (χ2n) is 4.44. The average Bonchev–Trinajstić information content (AvgIpc) is 2.55. The molecule has 2 atom stereocenters. The minimum atomic E-state index is -0.632. The van der Waals surface area contributed by atoms with E-state index in [0.717, 1.165) is 0 Å². The second kappa shape index (κ2) is 10.2. The van der Waals surface area contributed by atoms with E-state index in [0.29, 0.717) is 12.8 Å². The van der Waals surface area contributed by atoms with Gasteiger partial charge in [0.1, 0.15) is 13.2 Å². The third-order valence-electron chi connectivity index (χ3n) is 3.06. The van der Waals surface area contributed by atoms with Crippen LogP contribution in [0.2, 0.25) is 0 Å². The van der Waals surface area contributed by atoms with Crippen molar-refractivity contribution in [2.24, 2.45) is 21.8 Å². The van der Waals surface area contributed by atoms with Crippen molar-refractivity contribution in [3.63, 3.8) is 0 Å². The van der Waals surface area contributed by atoms with E-state index in [1.165, 1.54) is 12.2 Å². The standard InChI is InChI=1S/C14H16N2O6/c17-9-15-5-7-21-13(19)11-3-1-2-4-12(11)14(20)22-8-6-16-10-18/h1-2,11-12H,3-8H2. The molecular formula is C14H16N2O6. The number of allylic oxidation sites excluding steroid dienone is 2. The van der Waals surface area contributed by atoms with E-state index in [1.54, 1.807) is 12.2 Å². The first-order chi connectivity index (χ1) is 10.7. The lowest BCUT2D eigenvalue weighted by molar-refractivity contribution is -0.160. The molecule has 1 aliphatic carbocycles. The quantitative estimate of drug-likeness (QED) is 0.210. The van der Waals surface area contributed by atoms with Crippen molar-refractivity contribution in [1.82, 2.24) is 0 Å². The number of aliphatic imine (C=N–C) groups is 2. The Morgan fingerprint density at radius 2 is 1.32 bits per heavy atom. The predicted octanol–water partition coefficient (Wildman–Crippen LogP) is 0.327. The number of hydrogen-bond donors (Lipinski definition) is 0. The van der Waals surface area contributed by atoms with E-state index in [9.17, 15) is 19.2 Å². The van der Waals surface area contributed by atoms with Crippen LogP contribution in [0.3, 0.4) is 0 Å². The number of rotatable bonds is 8. The van der Waals surface area contributed by atoms with Gasteiger partial charge in [0.25, 0.3) is 0 Å². The highest BCUT2D eigenvalue weighted by Crippen LogP contribution is 2.28. The largest absolute Gasteiger partial charge is 0.463 e. The van der Waals surface area contributed by atoms with Crippen LogP contribution in [0.1, 0.15) is 12.8 Å². The molecule has 0 aromatic heterocycles. The highest BCUT2D eigenvalue weighted by molar-refractivity contribution is 5.82. The van der Waals surface area contributed by atoms with Crippen LogP contribution in [0.25, 0.3) is 0 Å². The Morgan fingerprint density at radius 3 is 1.68 bits per heavy atom. The maximum atomic E-state index is 12.0. The molecule has 0 aromatic rings. The number of carbonyl (C=O) groups is 2. The molecule has 1 rings (SSSR count). The van der Waals surface area contributed by atoms with Crippen molar-refractivity contribution < 1.29 is 28.7 Å². The SMILES string of the molecule is O=C=NCCOC(=O)C1CC=CCC1C(=O)OCCN=C=O. The molecule has 0 heterocycles. The van der Waals surface area contributed by atoms with Crippen LogP contribution < -0.4 is 0 Å². The number of esters is 2. The highest BCUT2D eigenvalue weighted by Gasteiger charge is 2.36. The third-order valence-corrected chi connectivity index (χ3v) is 3.06. The molecule has 1 aliphatic rings. The summed E-state index contributed by atoms with van der Waals surface area (Å²) in [6, 6.07) is 0. The zero-order valence-electron chi connectivity index (χ0n) is 11.9. The molecule has 0 N–H and O–H groups in total. The molecule has 22 heavy (non-hydrogen) atoms. The normalized spacial score (nSPS) is 19.5. The summed E-state index contributed by atoms with van der Waals surface area (Å²) in [5.41, 5.74) is 0. The van der Waals surface area contributed by atoms with Crippen molar-refractivity contribution in [3.8, 4) is 0 Å². The Balaban J connectivity index is 2.53. The molecule has 0 spiro atoms. The van der Waals surface area contributed by atoms with Crippen LogP contribution >= 0.6 is 0 Å². The Morgan fingerprint density at radius 1 is 0.909 bits per heavy atom. The molecule has 0 saturated heterocycles.